The van der Waals surface area contributed by atoms with Crippen LogP contribution < -0.4 is 0 Å². The first-order valence-corrected chi connectivity index (χ1v) is 13.8. The summed E-state index contributed by atoms with van der Waals surface area (Å²) in [6.07, 6.45) is 11.4. The summed E-state index contributed by atoms with van der Waals surface area (Å²) in [5, 5.41) is 19.8. The van der Waals surface area contributed by atoms with Crippen LogP contribution in [-0.4, -0.2) is 52.3 Å². The maximum Gasteiger partial charge on any atom is 0.234 e. The fraction of sp³-hybridized carbons (Fsp3) is 0.600. The number of amides is 2. The number of nitrogens with zero attached hydrogens (tertiary/aromatic N) is 1. The van der Waals surface area contributed by atoms with Gasteiger partial charge in [-0.2, -0.15) is 0 Å². The quantitative estimate of drug-likeness (QED) is 0.393. The lowest BCUT2D eigenvalue weighted by atomic mass is 9.69. The number of fused-ring (bicyclic) bond motifs is 3. The summed E-state index contributed by atoms with van der Waals surface area (Å²) >= 11 is 0. The lowest BCUT2D eigenvalue weighted by Gasteiger charge is -2.31. The number of aromatic hydroxyl groups is 1. The van der Waals surface area contributed by atoms with E-state index in [1.165, 1.54) is 12.0 Å². The lowest BCUT2D eigenvalue weighted by Crippen LogP contribution is -2.42. The minimum atomic E-state index is -0.345. The third-order valence-corrected chi connectivity index (χ3v) is 8.74. The lowest BCUT2D eigenvalue weighted by molar-refractivity contribution is -0.143. The van der Waals surface area contributed by atoms with Gasteiger partial charge in [-0.05, 0) is 67.4 Å². The molecule has 6 nitrogen and oxygen atoms in total. The molecule has 1 aromatic rings. The molecule has 1 saturated carbocycles. The highest BCUT2D eigenvalue weighted by Crippen LogP contribution is 2.50. The molecule has 0 unspecified atom stereocenters. The van der Waals surface area contributed by atoms with Crippen molar-refractivity contribution < 1.29 is 24.5 Å². The zero-order valence-corrected chi connectivity index (χ0v) is 21.3. The third kappa shape index (κ3) is 4.78. The Morgan fingerprint density at radius 1 is 1.06 bits per heavy atom. The Labute approximate surface area is 214 Å². The Morgan fingerprint density at radius 2 is 1.81 bits per heavy atom. The van der Waals surface area contributed by atoms with Crippen LogP contribution in [0, 0.1) is 17.8 Å². The second kappa shape index (κ2) is 10.9. The van der Waals surface area contributed by atoms with Crippen molar-refractivity contribution in [1.82, 2.24) is 4.90 Å². The molecular weight excluding hydrogens is 454 g/mol. The standard InChI is InChI=1S/C30H39NO5/c1-2-6-19(15-20-9-12-23(33)13-10-20)11-14-26-27-21(17-32)16-24-28(25(27)18-36-26)30(35)31(29(24)34)22-7-4-3-5-8-22/h9-10,12-13,15,22,24-26,28,32-33H,2-8,11,14,16-18H2,1H3/b19-15+/t24-,25+,26-,28-/m1/s1. The smallest absolute Gasteiger partial charge is 0.234 e. The molecule has 4 aliphatic rings. The van der Waals surface area contributed by atoms with Crippen molar-refractivity contribution in [2.45, 2.75) is 83.3 Å². The van der Waals surface area contributed by atoms with Gasteiger partial charge in [0, 0.05) is 12.0 Å². The SMILES string of the molecule is CCC/C(=C\c1ccc(O)cc1)CC[C@H]1OC[C@H]2C1=C(CO)C[C@H]1C(=O)N(C3CCCCC3)C(=O)[C@H]12. The number of phenolic OH excluding ortho intramolecular Hbond substituents is 1. The zero-order chi connectivity index (χ0) is 25.2. The third-order valence-electron chi connectivity index (χ3n) is 8.74. The van der Waals surface area contributed by atoms with E-state index in [1.807, 2.05) is 12.1 Å². The summed E-state index contributed by atoms with van der Waals surface area (Å²) in [6.45, 7) is 2.54. The molecule has 4 atom stereocenters. The monoisotopic (exact) mass is 493 g/mol. The van der Waals surface area contributed by atoms with Crippen molar-refractivity contribution in [3.8, 4) is 5.75 Å². The number of allylic oxidation sites excluding steroid dienone is 1. The number of carbonyl (C=O) groups is 2. The number of ether oxygens (including phenoxy) is 1. The van der Waals surface area contributed by atoms with Crippen LogP contribution in [0.3, 0.4) is 0 Å². The molecule has 0 bridgehead atoms. The van der Waals surface area contributed by atoms with E-state index < -0.39 is 0 Å². The number of phenols is 1. The first kappa shape index (κ1) is 25.2. The Morgan fingerprint density at radius 3 is 2.50 bits per heavy atom. The largest absolute Gasteiger partial charge is 0.508 e. The molecule has 2 amide bonds. The van der Waals surface area contributed by atoms with Crippen LogP contribution in [0.15, 0.2) is 41.0 Å². The second-order valence-electron chi connectivity index (χ2n) is 11.0. The molecule has 36 heavy (non-hydrogen) atoms. The zero-order valence-electron chi connectivity index (χ0n) is 21.3. The normalized spacial score (nSPS) is 29.2. The molecule has 0 radical (unpaired) electrons. The molecule has 2 saturated heterocycles. The van der Waals surface area contributed by atoms with Gasteiger partial charge in [-0.15, -0.1) is 0 Å². The van der Waals surface area contributed by atoms with Crippen molar-refractivity contribution >= 4 is 17.9 Å². The topological polar surface area (TPSA) is 87.1 Å². The highest BCUT2D eigenvalue weighted by molar-refractivity contribution is 6.06. The maximum atomic E-state index is 13.6. The van der Waals surface area contributed by atoms with Crippen LogP contribution in [0.5, 0.6) is 5.75 Å². The number of likely N-dealkylation sites (tertiary alicyclic amines) is 1. The number of carbonyl (C=O) groups excluding carboxylic acids is 2. The summed E-state index contributed by atoms with van der Waals surface area (Å²) in [7, 11) is 0. The van der Waals surface area contributed by atoms with E-state index in [1.54, 1.807) is 17.0 Å². The first-order chi connectivity index (χ1) is 17.5. The fourth-order valence-corrected chi connectivity index (χ4v) is 7.06. The Hall–Kier alpha value is -2.44. The summed E-state index contributed by atoms with van der Waals surface area (Å²) < 4.78 is 6.29. The van der Waals surface area contributed by atoms with Gasteiger partial charge in [-0.3, -0.25) is 14.5 Å². The number of imide groups is 1. The van der Waals surface area contributed by atoms with Crippen LogP contribution in [0.4, 0.5) is 0 Å². The summed E-state index contributed by atoms with van der Waals surface area (Å²) in [6, 6.07) is 7.29. The van der Waals surface area contributed by atoms with Gasteiger partial charge in [0.15, 0.2) is 0 Å². The van der Waals surface area contributed by atoms with Gasteiger partial charge in [-0.1, -0.05) is 56.4 Å². The van der Waals surface area contributed by atoms with E-state index in [-0.39, 0.29) is 54.1 Å². The molecular formula is C30H39NO5. The highest BCUT2D eigenvalue weighted by atomic mass is 16.5. The van der Waals surface area contributed by atoms with Crippen molar-refractivity contribution in [3.05, 3.63) is 46.5 Å². The average molecular weight is 494 g/mol. The van der Waals surface area contributed by atoms with Crippen LogP contribution in [0.25, 0.3) is 6.08 Å². The Balaban J connectivity index is 1.33. The van der Waals surface area contributed by atoms with Crippen molar-refractivity contribution in [1.29, 1.82) is 0 Å². The summed E-state index contributed by atoms with van der Waals surface area (Å²) in [5.74, 6) is -0.542. The molecule has 2 heterocycles. The molecule has 2 aliphatic heterocycles. The summed E-state index contributed by atoms with van der Waals surface area (Å²) in [4.78, 5) is 28.6. The van der Waals surface area contributed by atoms with E-state index in [0.29, 0.717) is 13.0 Å². The van der Waals surface area contributed by atoms with E-state index in [4.69, 9.17) is 4.74 Å². The van der Waals surface area contributed by atoms with Gasteiger partial charge in [0.1, 0.15) is 5.75 Å². The Kier molecular flexibility index (Phi) is 7.63. The number of hydrogen-bond acceptors (Lipinski definition) is 5. The number of rotatable bonds is 8. The van der Waals surface area contributed by atoms with Gasteiger partial charge >= 0.3 is 0 Å². The van der Waals surface area contributed by atoms with Crippen molar-refractivity contribution in [2.75, 3.05) is 13.2 Å². The molecule has 2 aliphatic carbocycles. The minimum absolute atomic E-state index is 0.000428. The van der Waals surface area contributed by atoms with Crippen LogP contribution >= 0.6 is 0 Å². The van der Waals surface area contributed by atoms with Crippen LogP contribution in [0.2, 0.25) is 0 Å². The van der Waals surface area contributed by atoms with Crippen LogP contribution in [-0.2, 0) is 14.3 Å². The molecule has 0 spiro atoms. The summed E-state index contributed by atoms with van der Waals surface area (Å²) in [5.41, 5.74) is 4.39. The minimum Gasteiger partial charge on any atom is -0.508 e. The van der Waals surface area contributed by atoms with E-state index in [9.17, 15) is 19.8 Å². The average Bonchev–Trinajstić information content (AvgIpc) is 3.42. The molecule has 6 heteroatoms. The number of aliphatic hydroxyl groups excluding tert-OH is 1. The number of hydrogen-bond donors (Lipinski definition) is 2. The first-order valence-electron chi connectivity index (χ1n) is 13.8. The van der Waals surface area contributed by atoms with E-state index in [0.717, 1.165) is 68.1 Å². The molecule has 194 valence electrons. The Bertz CT molecular complexity index is 1040. The number of benzene rings is 1. The van der Waals surface area contributed by atoms with E-state index in [2.05, 4.69) is 13.0 Å². The fourth-order valence-electron chi connectivity index (χ4n) is 7.06. The highest BCUT2D eigenvalue weighted by Gasteiger charge is 2.58. The van der Waals surface area contributed by atoms with Gasteiger partial charge in [0.25, 0.3) is 0 Å². The van der Waals surface area contributed by atoms with Gasteiger partial charge in [-0.25, -0.2) is 0 Å². The van der Waals surface area contributed by atoms with E-state index >= 15 is 0 Å². The number of aliphatic hydroxyl groups is 1. The van der Waals surface area contributed by atoms with Crippen molar-refractivity contribution in [2.24, 2.45) is 17.8 Å². The molecule has 5 rings (SSSR count). The van der Waals surface area contributed by atoms with Gasteiger partial charge in [0.05, 0.1) is 31.2 Å². The van der Waals surface area contributed by atoms with Crippen LogP contribution in [0.1, 0.15) is 76.7 Å². The van der Waals surface area contributed by atoms with Crippen molar-refractivity contribution in [3.63, 3.8) is 0 Å². The predicted octanol–water partition coefficient (Wildman–Crippen LogP) is 5.00. The van der Waals surface area contributed by atoms with Gasteiger partial charge < -0.3 is 14.9 Å². The molecule has 0 aromatic heterocycles. The second-order valence-corrected chi connectivity index (χ2v) is 11.0. The molecule has 3 fully saturated rings. The predicted molar refractivity (Wildman–Crippen MR) is 138 cm³/mol. The molecule has 2 N–H and O–H groups in total. The maximum absolute atomic E-state index is 13.6. The molecule has 1 aromatic carbocycles. The van der Waals surface area contributed by atoms with Gasteiger partial charge in [0.2, 0.25) is 11.8 Å².